The van der Waals surface area contributed by atoms with Crippen LogP contribution in [0.3, 0.4) is 0 Å². The van der Waals surface area contributed by atoms with Gasteiger partial charge < -0.3 is 5.32 Å². The molecule has 2 aromatic rings. The highest BCUT2D eigenvalue weighted by Crippen LogP contribution is 2.27. The van der Waals surface area contributed by atoms with Gasteiger partial charge in [0.05, 0.1) is 29.2 Å². The van der Waals surface area contributed by atoms with Crippen LogP contribution in [0.5, 0.6) is 0 Å². The fraction of sp³-hybridized carbons (Fsp3) is 0.444. The molecule has 114 valence electrons. The molecule has 0 atom stereocenters. The molecule has 4 heteroatoms. The highest BCUT2D eigenvalue weighted by atomic mass is 15.3. The highest BCUT2D eigenvalue weighted by Gasteiger charge is 2.17. The number of benzene rings is 1. The van der Waals surface area contributed by atoms with E-state index in [4.69, 9.17) is 5.26 Å². The third-order valence-electron chi connectivity index (χ3n) is 4.55. The van der Waals surface area contributed by atoms with Gasteiger partial charge >= 0.3 is 0 Å². The Morgan fingerprint density at radius 1 is 1.36 bits per heavy atom. The number of anilines is 1. The van der Waals surface area contributed by atoms with E-state index >= 15 is 0 Å². The van der Waals surface area contributed by atoms with Crippen LogP contribution in [-0.4, -0.2) is 9.78 Å². The van der Waals surface area contributed by atoms with Crippen LogP contribution in [0.2, 0.25) is 0 Å². The molecule has 0 bridgehead atoms. The molecule has 0 unspecified atom stereocenters. The van der Waals surface area contributed by atoms with Crippen molar-refractivity contribution in [2.75, 3.05) is 5.32 Å². The van der Waals surface area contributed by atoms with Gasteiger partial charge in [-0.3, -0.25) is 4.68 Å². The Hall–Kier alpha value is -2.28. The fourth-order valence-electron chi connectivity index (χ4n) is 3.19. The molecule has 0 saturated heterocycles. The molecular weight excluding hydrogens is 272 g/mol. The van der Waals surface area contributed by atoms with E-state index in [-0.39, 0.29) is 0 Å². The first-order chi connectivity index (χ1) is 10.8. The zero-order valence-corrected chi connectivity index (χ0v) is 13.0. The molecule has 4 nitrogen and oxygen atoms in total. The van der Waals surface area contributed by atoms with Crippen LogP contribution in [0.4, 0.5) is 5.69 Å². The second kappa shape index (κ2) is 6.65. The van der Waals surface area contributed by atoms with Gasteiger partial charge in [0.25, 0.3) is 0 Å². The lowest BCUT2D eigenvalue weighted by atomic mass is 10.1. The van der Waals surface area contributed by atoms with Gasteiger partial charge in [-0.15, -0.1) is 0 Å². The summed E-state index contributed by atoms with van der Waals surface area (Å²) in [6.45, 7) is 3.87. The Bertz CT molecular complexity index is 675. The molecule has 0 aliphatic heterocycles. The summed E-state index contributed by atoms with van der Waals surface area (Å²) in [6, 6.07) is 9.88. The molecule has 1 aromatic heterocycles. The van der Waals surface area contributed by atoms with Gasteiger partial charge in [-0.2, -0.15) is 10.4 Å². The molecule has 0 amide bonds. The van der Waals surface area contributed by atoms with Gasteiger partial charge in [0.2, 0.25) is 0 Å². The summed E-state index contributed by atoms with van der Waals surface area (Å²) in [5.74, 6) is 0.791. The van der Waals surface area contributed by atoms with Gasteiger partial charge in [0.15, 0.2) is 0 Å². The van der Waals surface area contributed by atoms with Crippen molar-refractivity contribution in [3.05, 3.63) is 47.3 Å². The molecule has 0 radical (unpaired) electrons. The number of hydrogen-bond acceptors (Lipinski definition) is 3. The summed E-state index contributed by atoms with van der Waals surface area (Å²) in [6.07, 6.45) is 7.32. The zero-order chi connectivity index (χ0) is 15.4. The van der Waals surface area contributed by atoms with Crippen molar-refractivity contribution in [3.8, 4) is 6.07 Å². The first kappa shape index (κ1) is 14.6. The van der Waals surface area contributed by atoms with Gasteiger partial charge in [-0.05, 0) is 43.4 Å². The standard InChI is InChI=1S/C18H22N4/c1-14-18(12-21-22(14)13-15-5-2-3-6-15)20-11-17-8-4-7-16(9-17)10-19/h4,7-9,12,15,20H,2-3,5-6,11,13H2,1H3. The van der Waals surface area contributed by atoms with Crippen LogP contribution in [0.15, 0.2) is 30.5 Å². The average Bonchev–Trinajstić information content (AvgIpc) is 3.17. The van der Waals surface area contributed by atoms with Crippen molar-refractivity contribution in [1.82, 2.24) is 9.78 Å². The quantitative estimate of drug-likeness (QED) is 0.911. The summed E-state index contributed by atoms with van der Waals surface area (Å²) in [5.41, 5.74) is 4.10. The summed E-state index contributed by atoms with van der Waals surface area (Å²) >= 11 is 0. The molecule has 1 heterocycles. The maximum Gasteiger partial charge on any atom is 0.0991 e. The van der Waals surface area contributed by atoms with Crippen molar-refractivity contribution < 1.29 is 0 Å². The highest BCUT2D eigenvalue weighted by molar-refractivity contribution is 5.46. The molecule has 1 saturated carbocycles. The second-order valence-corrected chi connectivity index (χ2v) is 6.14. The first-order valence-electron chi connectivity index (χ1n) is 8.01. The molecular formula is C18H22N4. The minimum atomic E-state index is 0.702. The van der Waals surface area contributed by atoms with Gasteiger partial charge in [0.1, 0.15) is 0 Å². The van der Waals surface area contributed by atoms with Crippen molar-refractivity contribution >= 4 is 5.69 Å². The monoisotopic (exact) mass is 294 g/mol. The fourth-order valence-corrected chi connectivity index (χ4v) is 3.19. The predicted octanol–water partition coefficient (Wildman–Crippen LogP) is 3.87. The minimum Gasteiger partial charge on any atom is -0.378 e. The number of nitrogens with zero attached hydrogens (tertiary/aromatic N) is 3. The second-order valence-electron chi connectivity index (χ2n) is 6.14. The third-order valence-corrected chi connectivity index (χ3v) is 4.55. The maximum atomic E-state index is 8.95. The van der Waals surface area contributed by atoms with Gasteiger partial charge in [-0.1, -0.05) is 25.0 Å². The van der Waals surface area contributed by atoms with Crippen LogP contribution in [0.25, 0.3) is 0 Å². The predicted molar refractivity (Wildman–Crippen MR) is 87.4 cm³/mol. The van der Waals surface area contributed by atoms with Crippen molar-refractivity contribution in [3.63, 3.8) is 0 Å². The molecule has 1 aliphatic rings. The Kier molecular flexibility index (Phi) is 4.43. The van der Waals surface area contributed by atoms with Crippen molar-refractivity contribution in [1.29, 1.82) is 5.26 Å². The number of nitrogens with one attached hydrogen (secondary N) is 1. The lowest BCUT2D eigenvalue weighted by Gasteiger charge is -2.11. The molecule has 1 aliphatic carbocycles. The van der Waals surface area contributed by atoms with Gasteiger partial charge in [0, 0.05) is 13.1 Å². The Morgan fingerprint density at radius 3 is 2.95 bits per heavy atom. The van der Waals surface area contributed by atoms with Gasteiger partial charge in [-0.25, -0.2) is 0 Å². The molecule has 3 rings (SSSR count). The van der Waals surface area contributed by atoms with Crippen LogP contribution in [0, 0.1) is 24.2 Å². The van der Waals surface area contributed by atoms with E-state index in [9.17, 15) is 0 Å². The number of hydrogen-bond donors (Lipinski definition) is 1. The largest absolute Gasteiger partial charge is 0.378 e. The normalized spacial score (nSPS) is 14.9. The van der Waals surface area contributed by atoms with E-state index < -0.39 is 0 Å². The molecule has 0 spiro atoms. The number of nitriles is 1. The SMILES string of the molecule is Cc1c(NCc2cccc(C#N)c2)cnn1CC1CCCC1. The first-order valence-corrected chi connectivity index (χ1v) is 8.01. The van der Waals surface area contributed by atoms with E-state index in [1.54, 1.807) is 0 Å². The van der Waals surface area contributed by atoms with Crippen LogP contribution < -0.4 is 5.32 Å². The van der Waals surface area contributed by atoms with Crippen molar-refractivity contribution in [2.24, 2.45) is 5.92 Å². The summed E-state index contributed by atoms with van der Waals surface area (Å²) in [7, 11) is 0. The Labute approximate surface area is 131 Å². The molecule has 1 fully saturated rings. The summed E-state index contributed by atoms with van der Waals surface area (Å²) in [4.78, 5) is 0. The lowest BCUT2D eigenvalue weighted by molar-refractivity contribution is 0.423. The molecule has 1 aromatic carbocycles. The van der Waals surface area contributed by atoms with Crippen LogP contribution >= 0.6 is 0 Å². The smallest absolute Gasteiger partial charge is 0.0991 e. The third kappa shape index (κ3) is 3.30. The molecule has 1 N–H and O–H groups in total. The molecule has 22 heavy (non-hydrogen) atoms. The van der Waals surface area contributed by atoms with Crippen molar-refractivity contribution in [2.45, 2.75) is 45.7 Å². The maximum absolute atomic E-state index is 8.95. The number of aromatic nitrogens is 2. The average molecular weight is 294 g/mol. The van der Waals surface area contributed by atoms with E-state index in [1.165, 1.54) is 31.4 Å². The lowest BCUT2D eigenvalue weighted by Crippen LogP contribution is -2.10. The topological polar surface area (TPSA) is 53.6 Å². The van der Waals surface area contributed by atoms with E-state index in [0.29, 0.717) is 12.1 Å². The Balaban J connectivity index is 1.63. The summed E-state index contributed by atoms with van der Waals surface area (Å²) < 4.78 is 2.13. The van der Waals surface area contributed by atoms with E-state index in [0.717, 1.165) is 23.7 Å². The Morgan fingerprint density at radius 2 is 2.18 bits per heavy atom. The minimum absolute atomic E-state index is 0.702. The summed E-state index contributed by atoms with van der Waals surface area (Å²) in [5, 5.41) is 16.9. The van der Waals surface area contributed by atoms with Crippen LogP contribution in [0.1, 0.15) is 42.5 Å². The van der Waals surface area contributed by atoms with Crippen LogP contribution in [-0.2, 0) is 13.1 Å². The van der Waals surface area contributed by atoms with E-state index in [2.05, 4.69) is 28.1 Å². The zero-order valence-electron chi connectivity index (χ0n) is 13.0. The number of rotatable bonds is 5. The van der Waals surface area contributed by atoms with E-state index in [1.807, 2.05) is 30.5 Å².